The highest BCUT2D eigenvalue weighted by Crippen LogP contribution is 2.36. The summed E-state index contributed by atoms with van der Waals surface area (Å²) in [6.45, 7) is 1.93. The van der Waals surface area contributed by atoms with Crippen LogP contribution < -0.4 is 5.32 Å². The SMILES string of the molecule is Cc1c(NC(=O)c2cccn2C2CC2)cnn1C. The minimum Gasteiger partial charge on any atom is -0.340 e. The Morgan fingerprint density at radius 1 is 1.50 bits per heavy atom. The molecular formula is C13H16N4O. The number of carbonyl (C=O) groups is 1. The number of anilines is 1. The van der Waals surface area contributed by atoms with E-state index in [1.54, 1.807) is 10.9 Å². The van der Waals surface area contributed by atoms with Gasteiger partial charge in [-0.25, -0.2) is 0 Å². The first kappa shape index (κ1) is 11.1. The third-order valence-electron chi connectivity index (χ3n) is 3.44. The molecule has 2 aromatic heterocycles. The number of hydrogen-bond donors (Lipinski definition) is 1. The summed E-state index contributed by atoms with van der Waals surface area (Å²) in [6, 6.07) is 4.29. The molecule has 0 unspecified atom stereocenters. The van der Waals surface area contributed by atoms with Gasteiger partial charge in [-0.3, -0.25) is 9.48 Å². The monoisotopic (exact) mass is 244 g/mol. The molecule has 18 heavy (non-hydrogen) atoms. The Labute approximate surface area is 105 Å². The Balaban J connectivity index is 1.82. The van der Waals surface area contributed by atoms with E-state index in [2.05, 4.69) is 15.0 Å². The highest BCUT2D eigenvalue weighted by molar-refractivity contribution is 6.03. The van der Waals surface area contributed by atoms with Crippen LogP contribution in [0.3, 0.4) is 0 Å². The van der Waals surface area contributed by atoms with Crippen LogP contribution in [-0.2, 0) is 7.05 Å². The van der Waals surface area contributed by atoms with E-state index in [1.165, 1.54) is 12.8 Å². The van der Waals surface area contributed by atoms with Crippen molar-refractivity contribution >= 4 is 11.6 Å². The summed E-state index contributed by atoms with van der Waals surface area (Å²) in [5, 5.41) is 7.03. The van der Waals surface area contributed by atoms with E-state index in [9.17, 15) is 4.79 Å². The van der Waals surface area contributed by atoms with Gasteiger partial charge in [-0.05, 0) is 31.9 Å². The zero-order valence-corrected chi connectivity index (χ0v) is 10.6. The number of nitrogens with zero attached hydrogens (tertiary/aromatic N) is 3. The van der Waals surface area contributed by atoms with Crippen molar-refractivity contribution in [2.24, 2.45) is 7.05 Å². The molecule has 0 atom stereocenters. The third kappa shape index (κ3) is 1.81. The van der Waals surface area contributed by atoms with Gasteiger partial charge in [0.15, 0.2) is 0 Å². The van der Waals surface area contributed by atoms with Gasteiger partial charge in [0.05, 0.1) is 17.6 Å². The lowest BCUT2D eigenvalue weighted by Crippen LogP contribution is -2.16. The summed E-state index contributed by atoms with van der Waals surface area (Å²) in [6.07, 6.45) is 5.99. The molecule has 1 aliphatic rings. The van der Waals surface area contributed by atoms with E-state index in [1.807, 2.05) is 32.3 Å². The van der Waals surface area contributed by atoms with E-state index in [0.717, 1.165) is 17.1 Å². The number of amides is 1. The van der Waals surface area contributed by atoms with Crippen molar-refractivity contribution in [2.45, 2.75) is 25.8 Å². The van der Waals surface area contributed by atoms with Crippen LogP contribution in [0.1, 0.15) is 35.1 Å². The molecule has 1 saturated carbocycles. The van der Waals surface area contributed by atoms with Crippen molar-refractivity contribution in [3.05, 3.63) is 35.9 Å². The largest absolute Gasteiger partial charge is 0.340 e. The molecule has 94 valence electrons. The zero-order chi connectivity index (χ0) is 12.7. The number of hydrogen-bond acceptors (Lipinski definition) is 2. The minimum absolute atomic E-state index is 0.0667. The number of carbonyl (C=O) groups excluding carboxylic acids is 1. The molecule has 0 saturated heterocycles. The molecule has 1 aliphatic carbocycles. The molecule has 5 heteroatoms. The predicted octanol–water partition coefficient (Wildman–Crippen LogP) is 2.12. The molecule has 1 N–H and O–H groups in total. The first-order valence-electron chi connectivity index (χ1n) is 6.13. The van der Waals surface area contributed by atoms with Crippen molar-refractivity contribution in [1.82, 2.24) is 14.3 Å². The van der Waals surface area contributed by atoms with Crippen LogP contribution in [0, 0.1) is 6.92 Å². The second-order valence-electron chi connectivity index (χ2n) is 4.75. The summed E-state index contributed by atoms with van der Waals surface area (Å²) in [5.74, 6) is -0.0667. The fourth-order valence-corrected chi connectivity index (χ4v) is 2.07. The topological polar surface area (TPSA) is 51.9 Å². The van der Waals surface area contributed by atoms with Gasteiger partial charge in [0.2, 0.25) is 0 Å². The van der Waals surface area contributed by atoms with Crippen molar-refractivity contribution in [1.29, 1.82) is 0 Å². The molecule has 0 radical (unpaired) electrons. The van der Waals surface area contributed by atoms with E-state index in [0.29, 0.717) is 6.04 Å². The lowest BCUT2D eigenvalue weighted by Gasteiger charge is -2.08. The molecule has 5 nitrogen and oxygen atoms in total. The van der Waals surface area contributed by atoms with Crippen LogP contribution in [0.2, 0.25) is 0 Å². The van der Waals surface area contributed by atoms with Crippen LogP contribution in [0.4, 0.5) is 5.69 Å². The van der Waals surface area contributed by atoms with Crippen LogP contribution in [0.25, 0.3) is 0 Å². The van der Waals surface area contributed by atoms with Gasteiger partial charge in [-0.2, -0.15) is 5.10 Å². The number of aryl methyl sites for hydroxylation is 1. The Hall–Kier alpha value is -2.04. The van der Waals surface area contributed by atoms with Crippen molar-refractivity contribution < 1.29 is 4.79 Å². The molecule has 0 aromatic carbocycles. The smallest absolute Gasteiger partial charge is 0.272 e. The van der Waals surface area contributed by atoms with E-state index in [-0.39, 0.29) is 5.91 Å². The summed E-state index contributed by atoms with van der Waals surface area (Å²) in [7, 11) is 1.86. The van der Waals surface area contributed by atoms with Gasteiger partial charge < -0.3 is 9.88 Å². The van der Waals surface area contributed by atoms with Gasteiger partial charge in [0, 0.05) is 19.3 Å². The van der Waals surface area contributed by atoms with Crippen molar-refractivity contribution in [3.8, 4) is 0 Å². The summed E-state index contributed by atoms with van der Waals surface area (Å²) < 4.78 is 3.80. The lowest BCUT2D eigenvalue weighted by atomic mass is 10.3. The van der Waals surface area contributed by atoms with E-state index in [4.69, 9.17) is 0 Å². The molecule has 1 amide bonds. The standard InChI is InChI=1S/C13H16N4O/c1-9-11(8-14-16(9)2)15-13(18)12-4-3-7-17(12)10-5-6-10/h3-4,7-8,10H,5-6H2,1-2H3,(H,15,18). The van der Waals surface area contributed by atoms with Crippen LogP contribution in [-0.4, -0.2) is 20.3 Å². The van der Waals surface area contributed by atoms with E-state index >= 15 is 0 Å². The van der Waals surface area contributed by atoms with Gasteiger partial charge in [0.25, 0.3) is 5.91 Å². The van der Waals surface area contributed by atoms with E-state index < -0.39 is 0 Å². The van der Waals surface area contributed by atoms with Crippen molar-refractivity contribution in [2.75, 3.05) is 5.32 Å². The van der Waals surface area contributed by atoms with Gasteiger partial charge in [0.1, 0.15) is 5.69 Å². The molecular weight excluding hydrogens is 228 g/mol. The molecule has 3 rings (SSSR count). The first-order chi connectivity index (χ1) is 8.66. The quantitative estimate of drug-likeness (QED) is 0.899. The summed E-state index contributed by atoms with van der Waals surface area (Å²) in [5.41, 5.74) is 2.44. The number of aromatic nitrogens is 3. The lowest BCUT2D eigenvalue weighted by molar-refractivity contribution is 0.101. The van der Waals surface area contributed by atoms with Gasteiger partial charge >= 0.3 is 0 Å². The zero-order valence-electron chi connectivity index (χ0n) is 10.6. The van der Waals surface area contributed by atoms with Gasteiger partial charge in [-0.1, -0.05) is 0 Å². The number of nitrogens with one attached hydrogen (secondary N) is 1. The fourth-order valence-electron chi connectivity index (χ4n) is 2.07. The molecule has 0 aliphatic heterocycles. The fraction of sp³-hybridized carbons (Fsp3) is 0.385. The Morgan fingerprint density at radius 2 is 2.28 bits per heavy atom. The maximum absolute atomic E-state index is 12.2. The number of rotatable bonds is 3. The first-order valence-corrected chi connectivity index (χ1v) is 6.13. The maximum atomic E-state index is 12.2. The minimum atomic E-state index is -0.0667. The predicted molar refractivity (Wildman–Crippen MR) is 68.6 cm³/mol. The van der Waals surface area contributed by atoms with Gasteiger partial charge in [-0.15, -0.1) is 0 Å². The van der Waals surface area contributed by atoms with Crippen LogP contribution in [0.15, 0.2) is 24.5 Å². The maximum Gasteiger partial charge on any atom is 0.272 e. The second-order valence-corrected chi connectivity index (χ2v) is 4.75. The normalized spacial score (nSPS) is 14.8. The molecule has 2 heterocycles. The van der Waals surface area contributed by atoms with Crippen LogP contribution >= 0.6 is 0 Å². The molecule has 2 aromatic rings. The molecule has 1 fully saturated rings. The Bertz CT molecular complexity index is 592. The Morgan fingerprint density at radius 3 is 2.89 bits per heavy atom. The summed E-state index contributed by atoms with van der Waals surface area (Å²) >= 11 is 0. The highest BCUT2D eigenvalue weighted by Gasteiger charge is 2.26. The Kier molecular flexibility index (Phi) is 2.47. The average molecular weight is 244 g/mol. The summed E-state index contributed by atoms with van der Waals surface area (Å²) in [4.78, 5) is 12.2. The highest BCUT2D eigenvalue weighted by atomic mass is 16.2. The third-order valence-corrected chi connectivity index (χ3v) is 3.44. The van der Waals surface area contributed by atoms with Crippen LogP contribution in [0.5, 0.6) is 0 Å². The average Bonchev–Trinajstić information content (AvgIpc) is 3.01. The molecule has 0 bridgehead atoms. The van der Waals surface area contributed by atoms with Crippen molar-refractivity contribution in [3.63, 3.8) is 0 Å². The molecule has 0 spiro atoms. The second kappa shape index (κ2) is 4.01.